The van der Waals surface area contributed by atoms with Gasteiger partial charge in [0.25, 0.3) is 5.78 Å². The lowest BCUT2D eigenvalue weighted by Gasteiger charge is -2.16. The average Bonchev–Trinajstić information content (AvgIpc) is 3.13. The molecule has 32 heavy (non-hydrogen) atoms. The number of aromatic nitrogens is 2. The number of Topliss-reactive ketones (excluding diaryl/α,β-unsaturated/α-hetero) is 1. The Morgan fingerprint density at radius 3 is 2.41 bits per heavy atom. The number of ether oxygens (including phenoxy) is 3. The van der Waals surface area contributed by atoms with E-state index < -0.39 is 19.8 Å². The molecule has 0 saturated carbocycles. The molecule has 0 aliphatic carbocycles. The lowest BCUT2D eigenvalue weighted by Crippen LogP contribution is -2.22. The zero-order valence-electron chi connectivity index (χ0n) is 19.1. The first-order valence-corrected chi connectivity index (χ1v) is 14.3. The van der Waals surface area contributed by atoms with E-state index in [4.69, 9.17) is 9.47 Å². The van der Waals surface area contributed by atoms with Gasteiger partial charge >= 0.3 is 5.97 Å². The molecule has 0 saturated heterocycles. The summed E-state index contributed by atoms with van der Waals surface area (Å²) in [7, 11) is -0.0277. The van der Waals surface area contributed by atoms with Crippen molar-refractivity contribution in [3.8, 4) is 0 Å². The molecule has 0 bridgehead atoms. The van der Waals surface area contributed by atoms with E-state index >= 15 is 0 Å². The highest BCUT2D eigenvalue weighted by molar-refractivity contribution is 6.76. The summed E-state index contributed by atoms with van der Waals surface area (Å²) in [6.45, 7) is 8.53. The van der Waals surface area contributed by atoms with Gasteiger partial charge in [0.2, 0.25) is 0 Å². The number of esters is 1. The van der Waals surface area contributed by atoms with Gasteiger partial charge in [0.1, 0.15) is 24.7 Å². The summed E-state index contributed by atoms with van der Waals surface area (Å²) in [6.07, 6.45) is 0. The van der Waals surface area contributed by atoms with Gasteiger partial charge in [0, 0.05) is 14.7 Å². The smallest absolute Gasteiger partial charge is 0.379 e. The maximum atomic E-state index is 12.5. The second kappa shape index (κ2) is 10.7. The third kappa shape index (κ3) is 6.12. The molecule has 0 radical (unpaired) electrons. The van der Waals surface area contributed by atoms with Crippen LogP contribution >= 0.6 is 0 Å². The van der Waals surface area contributed by atoms with Crippen LogP contribution in [0.1, 0.15) is 21.7 Å². The fourth-order valence-electron chi connectivity index (χ4n) is 3.20. The first kappa shape index (κ1) is 23.8. The number of hydrogen-bond acceptors (Lipinski definition) is 6. The summed E-state index contributed by atoms with van der Waals surface area (Å²) in [5, 5.41) is 0. The van der Waals surface area contributed by atoms with E-state index in [0.717, 1.165) is 11.6 Å². The Morgan fingerprint density at radius 2 is 1.72 bits per heavy atom. The van der Waals surface area contributed by atoms with Gasteiger partial charge in [0.15, 0.2) is 0 Å². The molecule has 8 heteroatoms. The van der Waals surface area contributed by atoms with Crippen molar-refractivity contribution >= 4 is 30.9 Å². The minimum atomic E-state index is -1.22. The molecule has 1 aromatic heterocycles. The number of carbonyl (C=O) groups is 2. The van der Waals surface area contributed by atoms with Crippen LogP contribution in [0.5, 0.6) is 0 Å². The van der Waals surface area contributed by atoms with Gasteiger partial charge in [-0.3, -0.25) is 4.79 Å². The van der Waals surface area contributed by atoms with Gasteiger partial charge in [-0.15, -0.1) is 0 Å². The third-order valence-corrected chi connectivity index (χ3v) is 6.74. The predicted octanol–water partition coefficient (Wildman–Crippen LogP) is 4.42. The molecule has 170 valence electrons. The Bertz CT molecular complexity index is 1070. The zero-order chi connectivity index (χ0) is 23.1. The second-order valence-corrected chi connectivity index (χ2v) is 14.4. The van der Waals surface area contributed by atoms with Crippen LogP contribution in [0, 0.1) is 0 Å². The standard InChI is InChI=1S/C24H30N2O5Si/c1-29-24(28)23(27)19-11-8-12-20-22(19)25-21(16-31-15-18-9-6-5-7-10-18)26(20)17-30-13-14-32(2,3)4/h5-12H,13-17H2,1-4H3. The number of ketones is 1. The van der Waals surface area contributed by atoms with Crippen molar-refractivity contribution in [2.45, 2.75) is 45.6 Å². The van der Waals surface area contributed by atoms with Crippen LogP contribution in [-0.2, 0) is 38.9 Å². The molecule has 0 fully saturated rings. The van der Waals surface area contributed by atoms with E-state index in [2.05, 4.69) is 29.4 Å². The Balaban J connectivity index is 1.86. The van der Waals surface area contributed by atoms with E-state index in [9.17, 15) is 9.59 Å². The van der Waals surface area contributed by atoms with Crippen LogP contribution in [0.25, 0.3) is 11.0 Å². The molecule has 0 N–H and O–H groups in total. The molecule has 2 aromatic carbocycles. The van der Waals surface area contributed by atoms with Crippen molar-refractivity contribution in [3.05, 3.63) is 65.5 Å². The van der Waals surface area contributed by atoms with Gasteiger partial charge in [-0.25, -0.2) is 9.78 Å². The van der Waals surface area contributed by atoms with Gasteiger partial charge in [-0.05, 0) is 23.7 Å². The van der Waals surface area contributed by atoms with Gasteiger partial charge < -0.3 is 18.8 Å². The topological polar surface area (TPSA) is 79.7 Å². The molecule has 0 spiro atoms. The predicted molar refractivity (Wildman–Crippen MR) is 125 cm³/mol. The fraction of sp³-hybridized carbons (Fsp3) is 0.375. The molecule has 0 atom stereocenters. The summed E-state index contributed by atoms with van der Waals surface area (Å²) in [4.78, 5) is 29.0. The highest BCUT2D eigenvalue weighted by atomic mass is 28.3. The Kier molecular flexibility index (Phi) is 7.95. The van der Waals surface area contributed by atoms with Crippen LogP contribution in [0.4, 0.5) is 0 Å². The average molecular weight is 455 g/mol. The fourth-order valence-corrected chi connectivity index (χ4v) is 3.96. The molecule has 3 aromatic rings. The largest absolute Gasteiger partial charge is 0.463 e. The van der Waals surface area contributed by atoms with Crippen LogP contribution < -0.4 is 0 Å². The maximum Gasteiger partial charge on any atom is 0.379 e. The molecule has 3 rings (SSSR count). The van der Waals surface area contributed by atoms with Crippen LogP contribution in [0.3, 0.4) is 0 Å². The Labute approximate surface area is 189 Å². The zero-order valence-corrected chi connectivity index (χ0v) is 20.1. The molecule has 0 aliphatic heterocycles. The lowest BCUT2D eigenvalue weighted by atomic mass is 10.1. The normalized spacial score (nSPS) is 11.6. The molecular formula is C24H30N2O5Si. The minimum Gasteiger partial charge on any atom is -0.463 e. The number of para-hydroxylation sites is 1. The first-order valence-electron chi connectivity index (χ1n) is 10.6. The van der Waals surface area contributed by atoms with Crippen molar-refractivity contribution in [3.63, 3.8) is 0 Å². The van der Waals surface area contributed by atoms with E-state index in [1.54, 1.807) is 12.1 Å². The summed E-state index contributed by atoms with van der Waals surface area (Å²) in [5.41, 5.74) is 2.42. The minimum absolute atomic E-state index is 0.208. The quantitative estimate of drug-likeness (QED) is 0.140. The van der Waals surface area contributed by atoms with Crippen molar-refractivity contribution in [1.82, 2.24) is 9.55 Å². The lowest BCUT2D eigenvalue weighted by molar-refractivity contribution is -0.135. The Morgan fingerprint density at radius 1 is 0.969 bits per heavy atom. The molecular weight excluding hydrogens is 424 g/mol. The third-order valence-electron chi connectivity index (χ3n) is 5.03. The molecule has 0 unspecified atom stereocenters. The summed E-state index contributed by atoms with van der Waals surface area (Å²) in [6, 6.07) is 16.1. The molecule has 7 nitrogen and oxygen atoms in total. The van der Waals surface area contributed by atoms with E-state index in [1.165, 1.54) is 7.11 Å². The summed E-state index contributed by atoms with van der Waals surface area (Å²) in [5.74, 6) is -1.01. The van der Waals surface area contributed by atoms with Crippen LogP contribution in [0.2, 0.25) is 25.7 Å². The monoisotopic (exact) mass is 454 g/mol. The van der Waals surface area contributed by atoms with Gasteiger partial charge in [-0.2, -0.15) is 0 Å². The number of methoxy groups -OCH3 is 1. The second-order valence-electron chi connectivity index (χ2n) is 8.78. The van der Waals surface area contributed by atoms with Crippen molar-refractivity contribution in [1.29, 1.82) is 0 Å². The van der Waals surface area contributed by atoms with Gasteiger partial charge in [-0.1, -0.05) is 56.0 Å². The SMILES string of the molecule is COC(=O)C(=O)c1cccc2c1nc(COCc1ccccc1)n2COCC[Si](C)(C)C. The number of rotatable bonds is 11. The number of nitrogens with zero attached hydrogens (tertiary/aromatic N) is 2. The summed E-state index contributed by atoms with van der Waals surface area (Å²) < 4.78 is 18.4. The van der Waals surface area contributed by atoms with Crippen LogP contribution in [0.15, 0.2) is 48.5 Å². The summed E-state index contributed by atoms with van der Waals surface area (Å²) >= 11 is 0. The maximum absolute atomic E-state index is 12.5. The van der Waals surface area contributed by atoms with E-state index in [0.29, 0.717) is 36.8 Å². The molecule has 0 amide bonds. The Hall–Kier alpha value is -2.81. The van der Waals surface area contributed by atoms with E-state index in [1.807, 2.05) is 41.0 Å². The number of hydrogen-bond donors (Lipinski definition) is 0. The number of imidazole rings is 1. The highest BCUT2D eigenvalue weighted by Crippen LogP contribution is 2.22. The van der Waals surface area contributed by atoms with Crippen molar-refractivity contribution < 1.29 is 23.8 Å². The molecule has 1 heterocycles. The number of carbonyl (C=O) groups excluding carboxylic acids is 2. The van der Waals surface area contributed by atoms with E-state index in [-0.39, 0.29) is 12.2 Å². The highest BCUT2D eigenvalue weighted by Gasteiger charge is 2.23. The molecule has 0 aliphatic rings. The van der Waals surface area contributed by atoms with Crippen LogP contribution in [-0.4, -0.2) is 43.1 Å². The number of benzene rings is 2. The van der Waals surface area contributed by atoms with Crippen molar-refractivity contribution in [2.75, 3.05) is 13.7 Å². The first-order chi connectivity index (χ1) is 15.3. The van der Waals surface area contributed by atoms with Crippen molar-refractivity contribution in [2.24, 2.45) is 0 Å². The number of fused-ring (bicyclic) bond motifs is 1. The van der Waals surface area contributed by atoms with Gasteiger partial charge in [0.05, 0.1) is 24.8 Å².